The van der Waals surface area contributed by atoms with Crippen LogP contribution in [0.4, 0.5) is 4.39 Å². The second-order valence-corrected chi connectivity index (χ2v) is 6.28. The molecule has 3 nitrogen and oxygen atoms in total. The largest absolute Gasteiger partial charge is 0.494 e. The lowest BCUT2D eigenvalue weighted by Gasteiger charge is -2.07. The normalized spacial score (nSPS) is 11.1. The Balaban J connectivity index is 1.85. The van der Waals surface area contributed by atoms with E-state index in [-0.39, 0.29) is 10.8 Å². The number of aryl methyl sites for hydroxylation is 2. The van der Waals surface area contributed by atoms with Crippen LogP contribution in [0.2, 0.25) is 5.02 Å². The van der Waals surface area contributed by atoms with E-state index in [4.69, 9.17) is 16.3 Å². The fourth-order valence-electron chi connectivity index (χ4n) is 2.43. The molecule has 6 heteroatoms. The van der Waals surface area contributed by atoms with Crippen LogP contribution in [0.1, 0.15) is 11.1 Å². The highest BCUT2D eigenvalue weighted by atomic mass is 79.9. The molecule has 0 bridgehead atoms. The number of methoxy groups -OCH3 is 1. The maximum atomic E-state index is 13.7. The van der Waals surface area contributed by atoms with Gasteiger partial charge >= 0.3 is 0 Å². The smallest absolute Gasteiger partial charge is 0.183 e. The van der Waals surface area contributed by atoms with E-state index in [9.17, 15) is 4.39 Å². The summed E-state index contributed by atoms with van der Waals surface area (Å²) in [5.74, 6) is -0.348. The van der Waals surface area contributed by atoms with E-state index in [1.807, 2.05) is 12.3 Å². The Morgan fingerprint density at radius 1 is 1.32 bits per heavy atom. The number of pyridine rings is 1. The van der Waals surface area contributed by atoms with Gasteiger partial charge in [-0.25, -0.2) is 9.37 Å². The summed E-state index contributed by atoms with van der Waals surface area (Å²) in [5, 5.41) is 1.16. The topological polar surface area (TPSA) is 37.9 Å². The van der Waals surface area contributed by atoms with Crippen molar-refractivity contribution in [3.05, 3.63) is 57.0 Å². The van der Waals surface area contributed by atoms with Gasteiger partial charge in [-0.05, 0) is 58.1 Å². The first-order valence-corrected chi connectivity index (χ1v) is 7.89. The zero-order valence-corrected chi connectivity index (χ0v) is 14.1. The van der Waals surface area contributed by atoms with E-state index in [2.05, 4.69) is 25.9 Å². The number of benzene rings is 1. The number of fused-ring (bicyclic) bond motifs is 1. The Labute approximate surface area is 140 Å². The number of halogens is 3. The van der Waals surface area contributed by atoms with E-state index >= 15 is 0 Å². The number of ether oxygens (including phenoxy) is 1. The molecule has 0 aliphatic carbocycles. The predicted molar refractivity (Wildman–Crippen MR) is 89.2 cm³/mol. The Morgan fingerprint density at radius 3 is 2.91 bits per heavy atom. The van der Waals surface area contributed by atoms with Gasteiger partial charge in [-0.3, -0.25) is 0 Å². The van der Waals surface area contributed by atoms with Gasteiger partial charge in [0.15, 0.2) is 11.6 Å². The summed E-state index contributed by atoms with van der Waals surface area (Å²) >= 11 is 9.33. The Kier molecular flexibility index (Phi) is 4.36. The van der Waals surface area contributed by atoms with Crippen LogP contribution in [0.5, 0.6) is 5.75 Å². The monoisotopic (exact) mass is 382 g/mol. The molecule has 0 spiro atoms. The number of nitrogens with zero attached hydrogens (tertiary/aromatic N) is 1. The maximum absolute atomic E-state index is 13.7. The third-order valence-electron chi connectivity index (χ3n) is 3.54. The fraction of sp³-hybridized carbons (Fsp3) is 0.188. The van der Waals surface area contributed by atoms with Crippen molar-refractivity contribution >= 4 is 38.6 Å². The Morgan fingerprint density at radius 2 is 2.14 bits per heavy atom. The van der Waals surface area contributed by atoms with Gasteiger partial charge in [-0.2, -0.15) is 0 Å². The molecule has 3 aromatic rings. The lowest BCUT2D eigenvalue weighted by Crippen LogP contribution is -1.95. The number of hydrogen-bond donors (Lipinski definition) is 1. The molecular weight excluding hydrogens is 371 g/mol. The quantitative estimate of drug-likeness (QED) is 0.695. The van der Waals surface area contributed by atoms with E-state index in [0.29, 0.717) is 0 Å². The minimum Gasteiger partial charge on any atom is -0.494 e. The van der Waals surface area contributed by atoms with Crippen LogP contribution in [0.25, 0.3) is 11.0 Å². The maximum Gasteiger partial charge on any atom is 0.183 e. The third-order valence-corrected chi connectivity index (χ3v) is 4.25. The van der Waals surface area contributed by atoms with Crippen molar-refractivity contribution in [2.24, 2.45) is 0 Å². The van der Waals surface area contributed by atoms with Crippen LogP contribution in [0.3, 0.4) is 0 Å². The summed E-state index contributed by atoms with van der Waals surface area (Å²) < 4.78 is 19.6. The van der Waals surface area contributed by atoms with Gasteiger partial charge < -0.3 is 9.72 Å². The predicted octanol–water partition coefficient (Wildman–Crippen LogP) is 4.91. The first-order chi connectivity index (χ1) is 10.6. The van der Waals surface area contributed by atoms with Crippen LogP contribution < -0.4 is 4.74 Å². The van der Waals surface area contributed by atoms with E-state index in [1.54, 1.807) is 18.3 Å². The second kappa shape index (κ2) is 6.26. The summed E-state index contributed by atoms with van der Waals surface area (Å²) in [7, 11) is 1.43. The van der Waals surface area contributed by atoms with Crippen molar-refractivity contribution in [2.75, 3.05) is 7.11 Å². The van der Waals surface area contributed by atoms with Gasteiger partial charge in [-0.1, -0.05) is 11.6 Å². The first-order valence-electron chi connectivity index (χ1n) is 6.72. The van der Waals surface area contributed by atoms with Crippen molar-refractivity contribution in [2.45, 2.75) is 12.8 Å². The molecule has 2 aromatic heterocycles. The standard InChI is InChI=1S/C16H13BrClFN2O/c1-22-14-5-9(4-13(18)15(14)19)2-3-10-7-20-16-12(10)6-11(17)8-21-16/h4-8H,2-3H2,1H3,(H,20,21). The zero-order valence-electron chi connectivity index (χ0n) is 11.8. The Bertz CT molecular complexity index is 834. The molecular formula is C16H13BrClFN2O. The average Bonchev–Trinajstić information content (AvgIpc) is 2.90. The number of rotatable bonds is 4. The summed E-state index contributed by atoms with van der Waals surface area (Å²) in [6, 6.07) is 5.36. The number of H-pyrrole nitrogens is 1. The molecule has 22 heavy (non-hydrogen) atoms. The number of aromatic amines is 1. The lowest BCUT2D eigenvalue weighted by atomic mass is 10.0. The van der Waals surface area contributed by atoms with Crippen molar-refractivity contribution in [1.29, 1.82) is 0 Å². The highest BCUT2D eigenvalue weighted by Gasteiger charge is 2.11. The van der Waals surface area contributed by atoms with Crippen molar-refractivity contribution < 1.29 is 9.13 Å². The highest BCUT2D eigenvalue weighted by Crippen LogP contribution is 2.28. The van der Waals surface area contributed by atoms with Crippen LogP contribution >= 0.6 is 27.5 Å². The van der Waals surface area contributed by atoms with Gasteiger partial charge in [0.05, 0.1) is 12.1 Å². The van der Waals surface area contributed by atoms with E-state index < -0.39 is 5.82 Å². The summed E-state index contributed by atoms with van der Waals surface area (Å²) in [6.07, 6.45) is 5.23. The van der Waals surface area contributed by atoms with Crippen molar-refractivity contribution in [3.63, 3.8) is 0 Å². The molecule has 1 aromatic carbocycles. The molecule has 0 saturated carbocycles. The average molecular weight is 384 g/mol. The lowest BCUT2D eigenvalue weighted by molar-refractivity contribution is 0.386. The molecule has 0 amide bonds. The molecule has 0 aliphatic heterocycles. The van der Waals surface area contributed by atoms with Crippen LogP contribution in [-0.4, -0.2) is 17.1 Å². The summed E-state index contributed by atoms with van der Waals surface area (Å²) in [5.41, 5.74) is 2.94. The number of nitrogens with one attached hydrogen (secondary N) is 1. The molecule has 1 N–H and O–H groups in total. The minimum atomic E-state index is -0.520. The van der Waals surface area contributed by atoms with Crippen LogP contribution in [0, 0.1) is 5.82 Å². The first kappa shape index (κ1) is 15.3. The highest BCUT2D eigenvalue weighted by molar-refractivity contribution is 9.10. The molecule has 2 heterocycles. The van der Waals surface area contributed by atoms with Gasteiger partial charge in [0.25, 0.3) is 0 Å². The Hall–Kier alpha value is -1.59. The molecule has 0 fully saturated rings. The van der Waals surface area contributed by atoms with E-state index in [1.165, 1.54) is 7.11 Å². The molecule has 0 aliphatic rings. The van der Waals surface area contributed by atoms with E-state index in [0.717, 1.165) is 39.5 Å². The SMILES string of the molecule is COc1cc(CCc2c[nH]c3ncc(Br)cc23)cc(Cl)c1F. The number of hydrogen-bond acceptors (Lipinski definition) is 2. The van der Waals surface area contributed by atoms with Gasteiger partial charge in [0.1, 0.15) is 5.65 Å². The zero-order chi connectivity index (χ0) is 15.7. The van der Waals surface area contributed by atoms with Crippen molar-refractivity contribution in [3.8, 4) is 5.75 Å². The summed E-state index contributed by atoms with van der Waals surface area (Å²) in [6.45, 7) is 0. The molecule has 0 atom stereocenters. The number of aromatic nitrogens is 2. The molecule has 0 saturated heterocycles. The minimum absolute atomic E-state index is 0.0812. The van der Waals surface area contributed by atoms with Gasteiger partial charge in [0, 0.05) is 22.3 Å². The van der Waals surface area contributed by atoms with Gasteiger partial charge in [-0.15, -0.1) is 0 Å². The van der Waals surface area contributed by atoms with Crippen LogP contribution in [-0.2, 0) is 12.8 Å². The van der Waals surface area contributed by atoms with Crippen molar-refractivity contribution in [1.82, 2.24) is 9.97 Å². The second-order valence-electron chi connectivity index (χ2n) is 4.96. The third kappa shape index (κ3) is 2.96. The van der Waals surface area contributed by atoms with Gasteiger partial charge in [0.2, 0.25) is 0 Å². The molecule has 114 valence electrons. The fourth-order valence-corrected chi connectivity index (χ4v) is 2.99. The van der Waals surface area contributed by atoms with Crippen LogP contribution in [0.15, 0.2) is 35.1 Å². The molecule has 0 unspecified atom stereocenters. The summed E-state index contributed by atoms with van der Waals surface area (Å²) in [4.78, 5) is 7.47. The molecule has 3 rings (SSSR count). The molecule has 0 radical (unpaired) electrons.